The first-order valence-corrected chi connectivity index (χ1v) is 9.04. The molecule has 1 aromatic heterocycles. The second-order valence-corrected chi connectivity index (χ2v) is 6.66. The molecule has 6 nitrogen and oxygen atoms in total. The van der Waals surface area contributed by atoms with E-state index < -0.39 is 17.5 Å². The third-order valence-corrected chi connectivity index (χ3v) is 4.62. The number of fused-ring (bicyclic) bond motifs is 1. The summed E-state index contributed by atoms with van der Waals surface area (Å²) in [6.07, 6.45) is 0. The molecule has 8 heteroatoms. The Balaban J connectivity index is 1.53. The van der Waals surface area contributed by atoms with Crippen molar-refractivity contribution in [3.8, 4) is 11.1 Å². The van der Waals surface area contributed by atoms with Crippen LogP contribution in [0.4, 0.5) is 14.7 Å². The maximum absolute atomic E-state index is 14.6. The zero-order valence-corrected chi connectivity index (χ0v) is 15.8. The van der Waals surface area contributed by atoms with Crippen molar-refractivity contribution in [2.24, 2.45) is 0 Å². The Hall–Kier alpha value is -4.07. The molecule has 0 unspecified atom stereocenters. The average molecular weight is 406 g/mol. The van der Waals surface area contributed by atoms with E-state index in [4.69, 9.17) is 0 Å². The zero-order valence-electron chi connectivity index (χ0n) is 15.8. The van der Waals surface area contributed by atoms with Crippen molar-refractivity contribution in [2.45, 2.75) is 6.92 Å². The van der Waals surface area contributed by atoms with Gasteiger partial charge in [-0.25, -0.2) is 13.8 Å². The van der Waals surface area contributed by atoms with Gasteiger partial charge >= 0.3 is 0 Å². The second kappa shape index (κ2) is 7.75. The number of H-pyrrole nitrogens is 1. The molecule has 0 atom stereocenters. The minimum Gasteiger partial charge on any atom is -0.291 e. The van der Waals surface area contributed by atoms with E-state index in [-0.39, 0.29) is 22.6 Å². The van der Waals surface area contributed by atoms with E-state index in [0.717, 1.165) is 6.07 Å². The molecule has 4 rings (SSSR count). The summed E-state index contributed by atoms with van der Waals surface area (Å²) in [5.74, 6) is -1.59. The van der Waals surface area contributed by atoms with Crippen LogP contribution in [0.15, 0.2) is 65.5 Å². The molecule has 1 heterocycles. The molecule has 3 aromatic carbocycles. The van der Waals surface area contributed by atoms with Crippen LogP contribution in [0.3, 0.4) is 0 Å². The van der Waals surface area contributed by atoms with Gasteiger partial charge in [-0.05, 0) is 54.4 Å². The molecule has 1 amide bonds. The lowest BCUT2D eigenvalue weighted by Gasteiger charge is -2.11. The molecule has 0 saturated heterocycles. The highest BCUT2D eigenvalue weighted by Gasteiger charge is 2.13. The summed E-state index contributed by atoms with van der Waals surface area (Å²) < 4.78 is 27.9. The summed E-state index contributed by atoms with van der Waals surface area (Å²) >= 11 is 0. The number of aromatic nitrogens is 2. The number of carbonyl (C=O) groups excluding carboxylic acids is 1. The Morgan fingerprint density at radius 2 is 1.77 bits per heavy atom. The van der Waals surface area contributed by atoms with E-state index >= 15 is 0 Å². The zero-order chi connectivity index (χ0) is 21.3. The number of benzene rings is 3. The van der Waals surface area contributed by atoms with E-state index in [0.29, 0.717) is 22.0 Å². The number of hydrazine groups is 1. The lowest BCUT2D eigenvalue weighted by molar-refractivity contribution is 0.0962. The maximum Gasteiger partial charge on any atom is 0.269 e. The predicted molar refractivity (Wildman–Crippen MR) is 110 cm³/mol. The average Bonchev–Trinajstić information content (AvgIpc) is 2.72. The van der Waals surface area contributed by atoms with Crippen molar-refractivity contribution in [3.63, 3.8) is 0 Å². The Labute approximate surface area is 169 Å². The second-order valence-electron chi connectivity index (χ2n) is 6.66. The van der Waals surface area contributed by atoms with E-state index in [1.54, 1.807) is 31.2 Å². The molecule has 0 fully saturated rings. The first-order chi connectivity index (χ1) is 14.4. The number of anilines is 1. The van der Waals surface area contributed by atoms with Crippen molar-refractivity contribution < 1.29 is 13.6 Å². The summed E-state index contributed by atoms with van der Waals surface area (Å²) in [6, 6.07) is 14.8. The van der Waals surface area contributed by atoms with Crippen LogP contribution in [-0.4, -0.2) is 15.9 Å². The Bertz CT molecular complexity index is 1330. The molecular formula is C22H16F2N4O2. The molecule has 0 saturated carbocycles. The van der Waals surface area contributed by atoms with Crippen LogP contribution in [0, 0.1) is 18.6 Å². The van der Waals surface area contributed by atoms with Gasteiger partial charge in [0.1, 0.15) is 11.6 Å². The fourth-order valence-electron chi connectivity index (χ4n) is 3.14. The topological polar surface area (TPSA) is 86.9 Å². The number of nitrogens with one attached hydrogen (secondary N) is 3. The first kappa shape index (κ1) is 19.3. The normalized spacial score (nSPS) is 10.8. The summed E-state index contributed by atoms with van der Waals surface area (Å²) in [5, 5.41) is 0.420. The van der Waals surface area contributed by atoms with Crippen LogP contribution < -0.4 is 16.4 Å². The molecular weight excluding hydrogens is 390 g/mol. The van der Waals surface area contributed by atoms with Gasteiger partial charge in [-0.3, -0.25) is 25.4 Å². The van der Waals surface area contributed by atoms with Gasteiger partial charge in [0.05, 0.1) is 10.9 Å². The lowest BCUT2D eigenvalue weighted by Crippen LogP contribution is -2.31. The Morgan fingerprint density at radius 3 is 2.53 bits per heavy atom. The Kier molecular flexibility index (Phi) is 4.97. The highest BCUT2D eigenvalue weighted by Crippen LogP contribution is 2.27. The molecule has 0 aliphatic carbocycles. The van der Waals surface area contributed by atoms with E-state index in [1.165, 1.54) is 30.3 Å². The summed E-state index contributed by atoms with van der Waals surface area (Å²) in [6.45, 7) is 1.68. The van der Waals surface area contributed by atoms with Gasteiger partial charge in [0, 0.05) is 11.1 Å². The van der Waals surface area contributed by atoms with Gasteiger partial charge in [-0.15, -0.1) is 0 Å². The van der Waals surface area contributed by atoms with Crippen LogP contribution in [0.2, 0.25) is 0 Å². The molecule has 0 bridgehead atoms. The number of para-hydroxylation sites is 1. The van der Waals surface area contributed by atoms with Crippen LogP contribution in [0.25, 0.3) is 22.0 Å². The number of hydrogen-bond donors (Lipinski definition) is 3. The van der Waals surface area contributed by atoms with E-state index in [2.05, 4.69) is 20.8 Å². The number of halogens is 2. The minimum atomic E-state index is -0.618. The van der Waals surface area contributed by atoms with Crippen LogP contribution in [-0.2, 0) is 0 Å². The third-order valence-electron chi connectivity index (χ3n) is 4.62. The SMILES string of the molecule is Cc1cc(F)ccc1-c1ccc(C(=O)NNc2nc3ccccc3c(=O)[nH]2)cc1F. The van der Waals surface area contributed by atoms with Crippen LogP contribution >= 0.6 is 0 Å². The number of aryl methyl sites for hydroxylation is 1. The van der Waals surface area contributed by atoms with Gasteiger partial charge in [0.2, 0.25) is 5.95 Å². The molecule has 0 aliphatic heterocycles. The monoisotopic (exact) mass is 406 g/mol. The fourth-order valence-corrected chi connectivity index (χ4v) is 3.14. The highest BCUT2D eigenvalue weighted by molar-refractivity contribution is 5.95. The molecule has 0 aliphatic rings. The molecule has 0 spiro atoms. The smallest absolute Gasteiger partial charge is 0.269 e. The van der Waals surface area contributed by atoms with Gasteiger partial charge in [0.15, 0.2) is 0 Å². The summed E-state index contributed by atoms with van der Waals surface area (Å²) in [7, 11) is 0. The maximum atomic E-state index is 14.6. The van der Waals surface area contributed by atoms with Crippen molar-refractivity contribution in [1.82, 2.24) is 15.4 Å². The molecule has 150 valence electrons. The number of hydrogen-bond acceptors (Lipinski definition) is 4. The highest BCUT2D eigenvalue weighted by atomic mass is 19.1. The van der Waals surface area contributed by atoms with Crippen LogP contribution in [0.5, 0.6) is 0 Å². The van der Waals surface area contributed by atoms with Gasteiger partial charge in [0.25, 0.3) is 11.5 Å². The number of rotatable bonds is 4. The number of nitrogens with zero attached hydrogens (tertiary/aromatic N) is 1. The number of amides is 1. The van der Waals surface area contributed by atoms with Crippen molar-refractivity contribution in [3.05, 3.63) is 93.8 Å². The molecule has 3 N–H and O–H groups in total. The molecule has 0 radical (unpaired) electrons. The standard InChI is InChI=1S/C22H16F2N4O2/c1-12-10-14(23)7-9-15(12)16-8-6-13(11-18(16)24)20(29)27-28-22-25-19-5-3-2-4-17(19)21(30)26-22/h2-11H,1H3,(H,27,29)(H2,25,26,28,30). The third kappa shape index (κ3) is 3.75. The largest absolute Gasteiger partial charge is 0.291 e. The lowest BCUT2D eigenvalue weighted by atomic mass is 9.98. The van der Waals surface area contributed by atoms with Crippen molar-refractivity contribution in [1.29, 1.82) is 0 Å². The predicted octanol–water partition coefficient (Wildman–Crippen LogP) is 3.93. The van der Waals surface area contributed by atoms with E-state index in [1.807, 2.05) is 0 Å². The summed E-state index contributed by atoms with van der Waals surface area (Å²) in [5.41, 5.74) is 6.45. The minimum absolute atomic E-state index is 0.0473. The molecule has 30 heavy (non-hydrogen) atoms. The van der Waals surface area contributed by atoms with Gasteiger partial charge in [-0.2, -0.15) is 0 Å². The quantitative estimate of drug-likeness (QED) is 0.448. The number of carbonyl (C=O) groups is 1. The summed E-state index contributed by atoms with van der Waals surface area (Å²) in [4.78, 5) is 31.1. The van der Waals surface area contributed by atoms with Crippen LogP contribution in [0.1, 0.15) is 15.9 Å². The Morgan fingerprint density at radius 1 is 1.00 bits per heavy atom. The number of aromatic amines is 1. The van der Waals surface area contributed by atoms with Crippen molar-refractivity contribution >= 4 is 22.8 Å². The van der Waals surface area contributed by atoms with Gasteiger partial charge in [-0.1, -0.05) is 24.3 Å². The van der Waals surface area contributed by atoms with E-state index in [9.17, 15) is 18.4 Å². The fraction of sp³-hybridized carbons (Fsp3) is 0.0455. The first-order valence-electron chi connectivity index (χ1n) is 9.04. The van der Waals surface area contributed by atoms with Crippen molar-refractivity contribution in [2.75, 3.05) is 5.43 Å². The van der Waals surface area contributed by atoms with Gasteiger partial charge < -0.3 is 0 Å². The molecule has 4 aromatic rings.